The summed E-state index contributed by atoms with van der Waals surface area (Å²) in [5, 5.41) is 8.87. The molecule has 2 heterocycles. The van der Waals surface area contributed by atoms with E-state index >= 15 is 0 Å². The van der Waals surface area contributed by atoms with Crippen LogP contribution in [-0.4, -0.2) is 49.0 Å². The number of hydrogen-bond acceptors (Lipinski definition) is 9. The van der Waals surface area contributed by atoms with Gasteiger partial charge in [0.25, 0.3) is 5.56 Å². The van der Waals surface area contributed by atoms with Gasteiger partial charge in [-0.15, -0.1) is 0 Å². The Morgan fingerprint density at radius 1 is 1.13 bits per heavy atom. The summed E-state index contributed by atoms with van der Waals surface area (Å²) in [5.74, 6) is -0.330. The fraction of sp³-hybridized carbons (Fsp3) is 0.259. The largest absolute Gasteiger partial charge is 0.497 e. The molecule has 198 valence electrons. The molecule has 38 heavy (non-hydrogen) atoms. The molecule has 0 saturated carbocycles. The minimum absolute atomic E-state index is 0.155. The topological polar surface area (TPSA) is 126 Å². The van der Waals surface area contributed by atoms with E-state index in [2.05, 4.69) is 4.99 Å². The van der Waals surface area contributed by atoms with Gasteiger partial charge >= 0.3 is 11.9 Å². The van der Waals surface area contributed by atoms with E-state index in [-0.39, 0.29) is 17.7 Å². The predicted octanol–water partition coefficient (Wildman–Crippen LogP) is 2.28. The van der Waals surface area contributed by atoms with Crippen LogP contribution in [0.5, 0.6) is 17.2 Å². The number of esters is 1. The van der Waals surface area contributed by atoms with Crippen LogP contribution in [0, 0.1) is 0 Å². The summed E-state index contributed by atoms with van der Waals surface area (Å²) in [4.78, 5) is 42.8. The first-order valence-electron chi connectivity index (χ1n) is 11.6. The number of thiazole rings is 1. The molecule has 4 rings (SSSR count). The van der Waals surface area contributed by atoms with Gasteiger partial charge in [-0.05, 0) is 55.8 Å². The Morgan fingerprint density at radius 3 is 2.61 bits per heavy atom. The van der Waals surface area contributed by atoms with Gasteiger partial charge in [0.15, 0.2) is 11.4 Å². The average molecular weight is 539 g/mol. The zero-order valence-corrected chi connectivity index (χ0v) is 22.0. The van der Waals surface area contributed by atoms with Crippen LogP contribution in [0.3, 0.4) is 0 Å². The van der Waals surface area contributed by atoms with E-state index in [0.717, 1.165) is 0 Å². The van der Waals surface area contributed by atoms with E-state index < -0.39 is 24.6 Å². The second kappa shape index (κ2) is 11.3. The number of allylic oxidation sites excluding steroid dienone is 1. The normalized spacial score (nSPS) is 14.9. The van der Waals surface area contributed by atoms with E-state index in [0.29, 0.717) is 43.4 Å². The summed E-state index contributed by atoms with van der Waals surface area (Å²) >= 11 is 1.17. The molecular formula is C27H26N2O8S. The van der Waals surface area contributed by atoms with Gasteiger partial charge in [-0.3, -0.25) is 9.36 Å². The van der Waals surface area contributed by atoms with Crippen molar-refractivity contribution in [2.75, 3.05) is 27.4 Å². The molecule has 0 bridgehead atoms. The number of aliphatic carboxylic acids is 1. The zero-order chi connectivity index (χ0) is 27.4. The van der Waals surface area contributed by atoms with Gasteiger partial charge in [0.2, 0.25) is 0 Å². The number of carbonyl (C=O) groups excluding carboxylic acids is 1. The maximum absolute atomic E-state index is 13.8. The van der Waals surface area contributed by atoms with Crippen LogP contribution in [0.2, 0.25) is 0 Å². The summed E-state index contributed by atoms with van der Waals surface area (Å²) in [5.41, 5.74) is 1.46. The smallest absolute Gasteiger partial charge is 0.341 e. The molecule has 0 aliphatic carbocycles. The van der Waals surface area contributed by atoms with Crippen molar-refractivity contribution < 1.29 is 33.6 Å². The van der Waals surface area contributed by atoms with Crippen molar-refractivity contribution in [3.63, 3.8) is 0 Å². The average Bonchev–Trinajstić information content (AvgIpc) is 3.20. The highest BCUT2D eigenvalue weighted by molar-refractivity contribution is 7.07. The van der Waals surface area contributed by atoms with Gasteiger partial charge in [-0.25, -0.2) is 14.6 Å². The van der Waals surface area contributed by atoms with Crippen molar-refractivity contribution in [2.24, 2.45) is 4.99 Å². The maximum atomic E-state index is 13.8. The molecule has 3 aromatic rings. The monoisotopic (exact) mass is 538 g/mol. The van der Waals surface area contributed by atoms with Crippen LogP contribution in [-0.2, 0) is 14.3 Å². The standard InChI is InChI=1S/C27H26N2O8S/c1-5-36-26(33)23-15(2)28-27-29(24(23)19-13-17(34-3)9-10-20(19)35-4)25(32)21(38-27)12-16-7-6-8-18(11-16)37-14-22(30)31/h6-13,24H,5,14H2,1-4H3,(H,30,31)/b21-12-/t24-/m1/s1. The lowest BCUT2D eigenvalue weighted by atomic mass is 9.94. The number of benzene rings is 2. The third kappa shape index (κ3) is 5.32. The minimum atomic E-state index is -1.09. The van der Waals surface area contributed by atoms with Crippen LogP contribution in [0.25, 0.3) is 6.08 Å². The number of carbonyl (C=O) groups is 2. The van der Waals surface area contributed by atoms with Crippen molar-refractivity contribution >= 4 is 29.4 Å². The molecule has 1 atom stereocenters. The molecule has 1 aliphatic heterocycles. The van der Waals surface area contributed by atoms with E-state index in [1.54, 1.807) is 62.4 Å². The van der Waals surface area contributed by atoms with Gasteiger partial charge in [0.1, 0.15) is 23.3 Å². The van der Waals surface area contributed by atoms with E-state index in [9.17, 15) is 14.4 Å². The molecule has 0 amide bonds. The van der Waals surface area contributed by atoms with Crippen molar-refractivity contribution in [3.05, 3.63) is 84.5 Å². The molecule has 1 aliphatic rings. The van der Waals surface area contributed by atoms with Gasteiger partial charge < -0.3 is 24.1 Å². The first kappa shape index (κ1) is 26.7. The Bertz CT molecular complexity index is 1600. The highest BCUT2D eigenvalue weighted by atomic mass is 32.1. The van der Waals surface area contributed by atoms with Crippen molar-refractivity contribution in [2.45, 2.75) is 19.9 Å². The van der Waals surface area contributed by atoms with Crippen molar-refractivity contribution in [1.82, 2.24) is 4.57 Å². The van der Waals surface area contributed by atoms with Gasteiger partial charge in [0, 0.05) is 5.56 Å². The highest BCUT2D eigenvalue weighted by Crippen LogP contribution is 2.37. The van der Waals surface area contributed by atoms with Crippen LogP contribution in [0.15, 0.2) is 63.5 Å². The molecule has 2 aromatic carbocycles. The Hall–Kier alpha value is -4.38. The second-order valence-electron chi connectivity index (χ2n) is 8.17. The van der Waals surface area contributed by atoms with Gasteiger partial charge in [-0.1, -0.05) is 23.5 Å². The van der Waals surface area contributed by atoms with Crippen molar-refractivity contribution in [3.8, 4) is 17.2 Å². The molecule has 0 fully saturated rings. The number of fused-ring (bicyclic) bond motifs is 1. The zero-order valence-electron chi connectivity index (χ0n) is 21.2. The van der Waals surface area contributed by atoms with Crippen LogP contribution >= 0.6 is 11.3 Å². The number of carboxylic acid groups (broad SMARTS) is 1. The molecule has 0 spiro atoms. The van der Waals surface area contributed by atoms with Crippen LogP contribution < -0.4 is 29.1 Å². The first-order valence-corrected chi connectivity index (χ1v) is 12.4. The number of rotatable bonds is 9. The number of ether oxygens (including phenoxy) is 4. The second-order valence-corrected chi connectivity index (χ2v) is 9.17. The third-order valence-corrected chi connectivity index (χ3v) is 6.75. The van der Waals surface area contributed by atoms with E-state index in [1.807, 2.05) is 0 Å². The lowest BCUT2D eigenvalue weighted by Gasteiger charge is -2.26. The van der Waals surface area contributed by atoms with E-state index in [1.165, 1.54) is 30.1 Å². The summed E-state index contributed by atoms with van der Waals surface area (Å²) in [7, 11) is 3.04. The Kier molecular flexibility index (Phi) is 7.96. The third-order valence-electron chi connectivity index (χ3n) is 5.77. The maximum Gasteiger partial charge on any atom is 0.341 e. The number of carboxylic acids is 1. The summed E-state index contributed by atoms with van der Waals surface area (Å²) in [6.07, 6.45) is 1.67. The van der Waals surface area contributed by atoms with Crippen LogP contribution in [0.1, 0.15) is 31.0 Å². The Morgan fingerprint density at radius 2 is 1.92 bits per heavy atom. The summed E-state index contributed by atoms with van der Waals surface area (Å²) in [6.45, 7) is 3.08. The number of hydrogen-bond donors (Lipinski definition) is 1. The highest BCUT2D eigenvalue weighted by Gasteiger charge is 2.35. The Labute approximate surface area is 221 Å². The number of methoxy groups -OCH3 is 2. The first-order chi connectivity index (χ1) is 18.3. The van der Waals surface area contributed by atoms with Crippen molar-refractivity contribution in [1.29, 1.82) is 0 Å². The lowest BCUT2D eigenvalue weighted by molar-refractivity contribution is -0.140. The number of aromatic nitrogens is 1. The molecule has 1 aromatic heterocycles. The lowest BCUT2D eigenvalue weighted by Crippen LogP contribution is -2.40. The number of nitrogens with zero attached hydrogens (tertiary/aromatic N) is 2. The van der Waals surface area contributed by atoms with Crippen LogP contribution in [0.4, 0.5) is 0 Å². The fourth-order valence-electron chi connectivity index (χ4n) is 4.13. The molecule has 11 heteroatoms. The molecule has 0 radical (unpaired) electrons. The molecule has 10 nitrogen and oxygen atoms in total. The summed E-state index contributed by atoms with van der Waals surface area (Å²) in [6, 6.07) is 11.0. The molecule has 0 saturated heterocycles. The predicted molar refractivity (Wildman–Crippen MR) is 140 cm³/mol. The summed E-state index contributed by atoms with van der Waals surface area (Å²) < 4.78 is 23.4. The quantitative estimate of drug-likeness (QED) is 0.412. The van der Waals surface area contributed by atoms with Gasteiger partial charge in [0.05, 0.1) is 36.6 Å². The van der Waals surface area contributed by atoms with E-state index in [4.69, 9.17) is 24.1 Å². The minimum Gasteiger partial charge on any atom is -0.497 e. The SMILES string of the molecule is CCOC(=O)C1=C(C)N=c2s/c(=C\c3cccc(OCC(=O)O)c3)c(=O)n2[C@@H]1c1cc(OC)ccc1OC. The molecular weight excluding hydrogens is 512 g/mol. The van der Waals surface area contributed by atoms with Gasteiger partial charge in [-0.2, -0.15) is 0 Å². The Balaban J connectivity index is 1.92. The fourth-order valence-corrected chi connectivity index (χ4v) is 5.18. The molecule has 1 N–H and O–H groups in total. The molecule has 0 unspecified atom stereocenters.